The Morgan fingerprint density at radius 1 is 1.19 bits per heavy atom. The molecule has 0 radical (unpaired) electrons. The lowest BCUT2D eigenvalue weighted by Gasteiger charge is -2.17. The van der Waals surface area contributed by atoms with Gasteiger partial charge in [-0.2, -0.15) is 0 Å². The molecule has 0 spiro atoms. The molecular weight excluding hydrogens is 309 g/mol. The smallest absolute Gasteiger partial charge is 0.253 e. The second-order valence-corrected chi connectivity index (χ2v) is 5.51. The lowest BCUT2D eigenvalue weighted by atomic mass is 10.1. The van der Waals surface area contributed by atoms with Gasteiger partial charge in [-0.25, -0.2) is 0 Å². The van der Waals surface area contributed by atoms with E-state index in [1.807, 2.05) is 13.0 Å². The normalized spacial score (nSPS) is 12.0. The lowest BCUT2D eigenvalue weighted by Crippen LogP contribution is -2.31. The molecule has 21 heavy (non-hydrogen) atoms. The number of aliphatic hydroxyl groups excluding tert-OH is 1. The first kappa shape index (κ1) is 15.8. The van der Waals surface area contributed by atoms with Crippen LogP contribution in [0, 0.1) is 6.92 Å². The average molecular weight is 324 g/mol. The third kappa shape index (κ3) is 3.76. The minimum absolute atomic E-state index is 0.212. The van der Waals surface area contributed by atoms with Gasteiger partial charge in [-0.05, 0) is 36.2 Å². The molecule has 2 aromatic rings. The van der Waals surface area contributed by atoms with E-state index in [1.165, 1.54) is 0 Å². The maximum absolute atomic E-state index is 12.3. The fraction of sp³-hybridized carbons (Fsp3) is 0.188. The molecular formula is C16H15Cl2NO2. The number of aliphatic hydroxyl groups is 1. The van der Waals surface area contributed by atoms with Gasteiger partial charge in [-0.3, -0.25) is 4.79 Å². The van der Waals surface area contributed by atoms with Crippen molar-refractivity contribution in [2.24, 2.45) is 0 Å². The van der Waals surface area contributed by atoms with Crippen LogP contribution in [0.15, 0.2) is 42.5 Å². The van der Waals surface area contributed by atoms with Crippen LogP contribution in [-0.4, -0.2) is 17.6 Å². The molecule has 0 aliphatic heterocycles. The summed E-state index contributed by atoms with van der Waals surface area (Å²) in [5.41, 5.74) is 2.00. The quantitative estimate of drug-likeness (QED) is 0.899. The number of benzene rings is 2. The summed E-state index contributed by atoms with van der Waals surface area (Å²) in [6.45, 7) is 1.62. The second-order valence-electron chi connectivity index (χ2n) is 4.70. The molecule has 2 aromatic carbocycles. The van der Waals surface area contributed by atoms with Gasteiger partial charge in [0.15, 0.2) is 0 Å². The number of amides is 1. The van der Waals surface area contributed by atoms with Crippen molar-refractivity contribution >= 4 is 29.1 Å². The van der Waals surface area contributed by atoms with Crippen molar-refractivity contribution in [1.29, 1.82) is 0 Å². The fourth-order valence-corrected chi connectivity index (χ4v) is 2.33. The largest absolute Gasteiger partial charge is 0.394 e. The maximum Gasteiger partial charge on any atom is 0.253 e. The van der Waals surface area contributed by atoms with Gasteiger partial charge in [-0.1, -0.05) is 47.5 Å². The van der Waals surface area contributed by atoms with E-state index in [9.17, 15) is 9.90 Å². The summed E-state index contributed by atoms with van der Waals surface area (Å²) in [5, 5.41) is 13.3. The molecule has 0 aliphatic rings. The summed E-state index contributed by atoms with van der Waals surface area (Å²) >= 11 is 12.0. The van der Waals surface area contributed by atoms with Crippen LogP contribution in [-0.2, 0) is 0 Å². The van der Waals surface area contributed by atoms with Crippen LogP contribution in [0.5, 0.6) is 0 Å². The number of carbonyl (C=O) groups excluding carboxylic acids is 1. The predicted octanol–water partition coefficient (Wildman–Crippen LogP) is 3.77. The molecule has 0 aliphatic carbocycles. The third-order valence-electron chi connectivity index (χ3n) is 3.20. The van der Waals surface area contributed by atoms with E-state index in [-0.39, 0.29) is 12.5 Å². The Morgan fingerprint density at radius 3 is 2.48 bits per heavy atom. The van der Waals surface area contributed by atoms with Crippen LogP contribution >= 0.6 is 23.2 Å². The van der Waals surface area contributed by atoms with Crippen LogP contribution in [0.25, 0.3) is 0 Å². The first-order valence-electron chi connectivity index (χ1n) is 6.45. The van der Waals surface area contributed by atoms with Crippen molar-refractivity contribution < 1.29 is 9.90 Å². The Balaban J connectivity index is 2.20. The number of rotatable bonds is 4. The highest BCUT2D eigenvalue weighted by Gasteiger charge is 2.17. The Hall–Kier alpha value is -1.55. The Morgan fingerprint density at radius 2 is 1.86 bits per heavy atom. The summed E-state index contributed by atoms with van der Waals surface area (Å²) in [4.78, 5) is 12.3. The molecule has 0 fully saturated rings. The minimum Gasteiger partial charge on any atom is -0.394 e. The summed E-state index contributed by atoms with van der Waals surface area (Å²) in [6, 6.07) is 11.7. The molecule has 1 unspecified atom stereocenters. The number of halogens is 2. The first-order valence-corrected chi connectivity index (χ1v) is 7.21. The van der Waals surface area contributed by atoms with Gasteiger partial charge < -0.3 is 10.4 Å². The lowest BCUT2D eigenvalue weighted by molar-refractivity contribution is 0.0916. The molecule has 0 aromatic heterocycles. The highest BCUT2D eigenvalue weighted by Crippen LogP contribution is 2.22. The van der Waals surface area contributed by atoms with Crippen molar-refractivity contribution in [3.8, 4) is 0 Å². The Labute approximate surface area is 133 Å². The molecule has 1 amide bonds. The number of hydrogen-bond acceptors (Lipinski definition) is 2. The molecule has 0 saturated carbocycles. The highest BCUT2D eigenvalue weighted by molar-refractivity contribution is 6.34. The number of carbonyl (C=O) groups is 1. The molecule has 0 heterocycles. The number of nitrogens with one attached hydrogen (secondary N) is 1. The highest BCUT2D eigenvalue weighted by atomic mass is 35.5. The van der Waals surface area contributed by atoms with Crippen LogP contribution in [0.2, 0.25) is 10.0 Å². The van der Waals surface area contributed by atoms with Crippen molar-refractivity contribution in [3.63, 3.8) is 0 Å². The van der Waals surface area contributed by atoms with E-state index < -0.39 is 6.04 Å². The second kappa shape index (κ2) is 6.94. The van der Waals surface area contributed by atoms with E-state index in [0.717, 1.165) is 11.1 Å². The van der Waals surface area contributed by atoms with Crippen LogP contribution in [0.3, 0.4) is 0 Å². The van der Waals surface area contributed by atoms with Gasteiger partial charge >= 0.3 is 0 Å². The van der Waals surface area contributed by atoms with E-state index in [4.69, 9.17) is 23.2 Å². The van der Waals surface area contributed by atoms with E-state index >= 15 is 0 Å². The summed E-state index contributed by atoms with van der Waals surface area (Å²) < 4.78 is 0. The molecule has 5 heteroatoms. The number of hydrogen-bond donors (Lipinski definition) is 2. The average Bonchev–Trinajstić information content (AvgIpc) is 2.48. The van der Waals surface area contributed by atoms with Gasteiger partial charge in [0.05, 0.1) is 23.2 Å². The molecule has 2 N–H and O–H groups in total. The minimum atomic E-state index is -0.508. The van der Waals surface area contributed by atoms with E-state index in [2.05, 4.69) is 5.32 Å². The van der Waals surface area contributed by atoms with Crippen LogP contribution < -0.4 is 5.32 Å². The Kier molecular flexibility index (Phi) is 5.23. The first-order chi connectivity index (χ1) is 10.0. The topological polar surface area (TPSA) is 49.3 Å². The van der Waals surface area contributed by atoms with Gasteiger partial charge in [0.2, 0.25) is 0 Å². The number of aryl methyl sites for hydroxylation is 1. The van der Waals surface area contributed by atoms with Gasteiger partial charge in [0, 0.05) is 5.02 Å². The molecule has 3 nitrogen and oxygen atoms in total. The van der Waals surface area contributed by atoms with E-state index in [1.54, 1.807) is 36.4 Å². The van der Waals surface area contributed by atoms with Crippen molar-refractivity contribution in [2.75, 3.05) is 6.61 Å². The fourth-order valence-electron chi connectivity index (χ4n) is 1.99. The molecule has 1 atom stereocenters. The zero-order chi connectivity index (χ0) is 15.4. The molecule has 0 saturated heterocycles. The summed E-state index contributed by atoms with van der Waals surface area (Å²) in [7, 11) is 0. The predicted molar refractivity (Wildman–Crippen MR) is 84.9 cm³/mol. The van der Waals surface area contributed by atoms with E-state index in [0.29, 0.717) is 15.6 Å². The van der Waals surface area contributed by atoms with Crippen LogP contribution in [0.4, 0.5) is 0 Å². The Bertz CT molecular complexity index is 641. The third-order valence-corrected chi connectivity index (χ3v) is 3.95. The van der Waals surface area contributed by atoms with Crippen LogP contribution in [0.1, 0.15) is 27.5 Å². The van der Waals surface area contributed by atoms with Gasteiger partial charge in [0.1, 0.15) is 0 Å². The molecule has 0 bridgehead atoms. The van der Waals surface area contributed by atoms with Crippen molar-refractivity contribution in [3.05, 3.63) is 69.2 Å². The zero-order valence-electron chi connectivity index (χ0n) is 11.4. The van der Waals surface area contributed by atoms with Crippen molar-refractivity contribution in [1.82, 2.24) is 5.32 Å². The zero-order valence-corrected chi connectivity index (χ0v) is 12.9. The van der Waals surface area contributed by atoms with Gasteiger partial charge in [0.25, 0.3) is 5.91 Å². The molecule has 110 valence electrons. The maximum atomic E-state index is 12.3. The monoisotopic (exact) mass is 323 g/mol. The molecule has 2 rings (SSSR count). The summed E-state index contributed by atoms with van der Waals surface area (Å²) in [6.07, 6.45) is 0. The summed E-state index contributed by atoms with van der Waals surface area (Å²) in [5.74, 6) is -0.322. The SMILES string of the molecule is Cc1cccc(C(=O)NC(CO)c2ccc(Cl)cc2)c1Cl. The van der Waals surface area contributed by atoms with Crippen molar-refractivity contribution in [2.45, 2.75) is 13.0 Å². The van der Waals surface area contributed by atoms with Gasteiger partial charge in [-0.15, -0.1) is 0 Å². The standard InChI is InChI=1S/C16H15Cl2NO2/c1-10-3-2-4-13(15(10)18)16(21)19-14(9-20)11-5-7-12(17)8-6-11/h2-8,14,20H,9H2,1H3,(H,19,21).